The van der Waals surface area contributed by atoms with Gasteiger partial charge in [-0.15, -0.1) is 0 Å². The normalized spacial score (nSPS) is 11.4. The number of hydrogen-bond acceptors (Lipinski definition) is 5. The zero-order valence-corrected chi connectivity index (χ0v) is 12.9. The largest absolute Gasteiger partial charge is 0.439 e. The Labute approximate surface area is 125 Å². The van der Waals surface area contributed by atoms with Gasteiger partial charge in [0, 0.05) is 18.6 Å². The van der Waals surface area contributed by atoms with Crippen LogP contribution in [0.25, 0.3) is 0 Å². The number of benzene rings is 1. The van der Waals surface area contributed by atoms with Crippen molar-refractivity contribution in [3.05, 3.63) is 41.7 Å². The summed E-state index contributed by atoms with van der Waals surface area (Å²) in [6, 6.07) is 9.30. The fourth-order valence-electron chi connectivity index (χ4n) is 1.82. The van der Waals surface area contributed by atoms with E-state index in [0.29, 0.717) is 29.9 Å². The van der Waals surface area contributed by atoms with E-state index in [2.05, 4.69) is 9.97 Å². The van der Waals surface area contributed by atoms with Crippen molar-refractivity contribution in [2.45, 2.75) is 32.8 Å². The van der Waals surface area contributed by atoms with E-state index in [1.807, 2.05) is 45.0 Å². The molecule has 0 aliphatic rings. The molecule has 0 bridgehead atoms. The number of nitrogens with two attached hydrogens (primary N) is 1. The van der Waals surface area contributed by atoms with Crippen molar-refractivity contribution in [3.63, 3.8) is 0 Å². The summed E-state index contributed by atoms with van der Waals surface area (Å²) in [5, 5.41) is 0. The van der Waals surface area contributed by atoms with Gasteiger partial charge in [0.05, 0.1) is 6.61 Å². The summed E-state index contributed by atoms with van der Waals surface area (Å²) < 4.78 is 10.9. The topological polar surface area (TPSA) is 70.3 Å². The molecule has 0 unspecified atom stereocenters. The minimum atomic E-state index is -0.189. The molecule has 0 radical (unpaired) electrons. The Kier molecular flexibility index (Phi) is 4.43. The second-order valence-corrected chi connectivity index (χ2v) is 5.89. The lowest BCUT2D eigenvalue weighted by Gasteiger charge is -2.17. The molecule has 2 N–H and O–H groups in total. The van der Waals surface area contributed by atoms with Crippen molar-refractivity contribution in [1.82, 2.24) is 9.97 Å². The first kappa shape index (κ1) is 15.3. The molecule has 0 aliphatic carbocycles. The van der Waals surface area contributed by atoms with Crippen LogP contribution in [0.1, 0.15) is 32.2 Å². The van der Waals surface area contributed by atoms with Gasteiger partial charge in [-0.25, -0.2) is 4.98 Å². The van der Waals surface area contributed by atoms with Gasteiger partial charge in [0.15, 0.2) is 0 Å². The smallest absolute Gasteiger partial charge is 0.224 e. The van der Waals surface area contributed by atoms with E-state index in [-0.39, 0.29) is 5.41 Å². The molecule has 2 rings (SSSR count). The van der Waals surface area contributed by atoms with Gasteiger partial charge in [0.2, 0.25) is 5.88 Å². The molecule has 1 heterocycles. The molecule has 5 nitrogen and oxygen atoms in total. The zero-order valence-electron chi connectivity index (χ0n) is 12.9. The van der Waals surface area contributed by atoms with E-state index in [9.17, 15) is 0 Å². The monoisotopic (exact) mass is 287 g/mol. The first-order valence-corrected chi connectivity index (χ1v) is 6.79. The standard InChI is InChI=1S/C16H21N3O2/c1-16(2,3)15-18-13(17)9-14(19-15)21-12-7-5-6-11(8-12)10-20-4/h5-9H,10H2,1-4H3,(H2,17,18,19). The molecule has 0 saturated heterocycles. The molecule has 0 amide bonds. The number of nitrogens with zero attached hydrogens (tertiary/aromatic N) is 2. The maximum Gasteiger partial charge on any atom is 0.224 e. The van der Waals surface area contributed by atoms with Crippen LogP contribution in [0, 0.1) is 0 Å². The van der Waals surface area contributed by atoms with Crippen LogP contribution in [-0.2, 0) is 16.8 Å². The van der Waals surface area contributed by atoms with Crippen molar-refractivity contribution in [2.75, 3.05) is 12.8 Å². The molecule has 0 atom stereocenters. The zero-order chi connectivity index (χ0) is 15.5. The highest BCUT2D eigenvalue weighted by molar-refractivity contribution is 5.37. The van der Waals surface area contributed by atoms with Crippen molar-refractivity contribution in [3.8, 4) is 11.6 Å². The third-order valence-corrected chi connectivity index (χ3v) is 2.83. The SMILES string of the molecule is COCc1cccc(Oc2cc(N)nc(C(C)(C)C)n2)c1. The van der Waals surface area contributed by atoms with E-state index >= 15 is 0 Å². The second-order valence-electron chi connectivity index (χ2n) is 5.89. The Hall–Kier alpha value is -2.14. The molecule has 0 fully saturated rings. The number of aromatic nitrogens is 2. The summed E-state index contributed by atoms with van der Waals surface area (Å²) >= 11 is 0. The van der Waals surface area contributed by atoms with Crippen LogP contribution in [0.4, 0.5) is 5.82 Å². The summed E-state index contributed by atoms with van der Waals surface area (Å²) in [6.07, 6.45) is 0. The lowest BCUT2D eigenvalue weighted by atomic mass is 9.96. The average molecular weight is 287 g/mol. The van der Waals surface area contributed by atoms with Gasteiger partial charge in [-0.1, -0.05) is 32.9 Å². The third-order valence-electron chi connectivity index (χ3n) is 2.83. The highest BCUT2D eigenvalue weighted by atomic mass is 16.5. The summed E-state index contributed by atoms with van der Waals surface area (Å²) in [5.74, 6) is 2.20. The number of rotatable bonds is 4. The van der Waals surface area contributed by atoms with E-state index in [4.69, 9.17) is 15.2 Å². The highest BCUT2D eigenvalue weighted by Gasteiger charge is 2.19. The molecule has 21 heavy (non-hydrogen) atoms. The van der Waals surface area contributed by atoms with Gasteiger partial charge in [-0.05, 0) is 17.7 Å². The Morgan fingerprint density at radius 2 is 1.90 bits per heavy atom. The van der Waals surface area contributed by atoms with Crippen molar-refractivity contribution >= 4 is 5.82 Å². The lowest BCUT2D eigenvalue weighted by molar-refractivity contribution is 0.184. The van der Waals surface area contributed by atoms with Crippen LogP contribution in [-0.4, -0.2) is 17.1 Å². The number of nitrogen functional groups attached to an aromatic ring is 1. The number of hydrogen-bond donors (Lipinski definition) is 1. The van der Waals surface area contributed by atoms with E-state index < -0.39 is 0 Å². The Bertz CT molecular complexity index is 621. The third kappa shape index (κ3) is 4.16. The highest BCUT2D eigenvalue weighted by Crippen LogP contribution is 2.26. The molecular weight excluding hydrogens is 266 g/mol. The van der Waals surface area contributed by atoms with Crippen molar-refractivity contribution in [1.29, 1.82) is 0 Å². The number of methoxy groups -OCH3 is 1. The fourth-order valence-corrected chi connectivity index (χ4v) is 1.82. The molecule has 5 heteroatoms. The van der Waals surface area contributed by atoms with Gasteiger partial charge < -0.3 is 15.2 Å². The molecular formula is C16H21N3O2. The van der Waals surface area contributed by atoms with Gasteiger partial charge in [-0.3, -0.25) is 0 Å². The molecule has 112 valence electrons. The van der Waals surface area contributed by atoms with Crippen LogP contribution in [0.15, 0.2) is 30.3 Å². The molecule has 1 aromatic carbocycles. The Morgan fingerprint density at radius 1 is 1.14 bits per heavy atom. The fraction of sp³-hybridized carbons (Fsp3) is 0.375. The predicted molar refractivity (Wildman–Crippen MR) is 82.4 cm³/mol. The minimum Gasteiger partial charge on any atom is -0.439 e. The Balaban J connectivity index is 2.27. The molecule has 0 aliphatic heterocycles. The van der Waals surface area contributed by atoms with Gasteiger partial charge >= 0.3 is 0 Å². The van der Waals surface area contributed by atoms with Gasteiger partial charge in [-0.2, -0.15) is 4.98 Å². The van der Waals surface area contributed by atoms with E-state index in [1.54, 1.807) is 13.2 Å². The van der Waals surface area contributed by atoms with Gasteiger partial charge in [0.25, 0.3) is 0 Å². The Morgan fingerprint density at radius 3 is 2.57 bits per heavy atom. The molecule has 0 spiro atoms. The van der Waals surface area contributed by atoms with Crippen LogP contribution in [0.3, 0.4) is 0 Å². The van der Waals surface area contributed by atoms with E-state index in [0.717, 1.165) is 5.56 Å². The van der Waals surface area contributed by atoms with Crippen molar-refractivity contribution < 1.29 is 9.47 Å². The first-order chi connectivity index (χ1) is 9.88. The summed E-state index contributed by atoms with van der Waals surface area (Å²) in [5.41, 5.74) is 6.68. The number of anilines is 1. The van der Waals surface area contributed by atoms with Crippen LogP contribution in [0.2, 0.25) is 0 Å². The minimum absolute atomic E-state index is 0.189. The van der Waals surface area contributed by atoms with Crippen LogP contribution < -0.4 is 10.5 Å². The molecule has 1 aromatic heterocycles. The maximum absolute atomic E-state index is 5.84. The van der Waals surface area contributed by atoms with Gasteiger partial charge in [0.1, 0.15) is 17.4 Å². The summed E-state index contributed by atoms with van der Waals surface area (Å²) in [4.78, 5) is 8.69. The quantitative estimate of drug-likeness (QED) is 0.934. The van der Waals surface area contributed by atoms with Crippen molar-refractivity contribution in [2.24, 2.45) is 0 Å². The average Bonchev–Trinajstić information content (AvgIpc) is 2.38. The molecule has 2 aromatic rings. The van der Waals surface area contributed by atoms with Crippen LogP contribution >= 0.6 is 0 Å². The first-order valence-electron chi connectivity index (χ1n) is 6.79. The second kappa shape index (κ2) is 6.10. The summed E-state index contributed by atoms with van der Waals surface area (Å²) in [6.45, 7) is 6.64. The lowest BCUT2D eigenvalue weighted by Crippen LogP contribution is -2.17. The predicted octanol–water partition coefficient (Wildman–Crippen LogP) is 3.30. The maximum atomic E-state index is 5.84. The van der Waals surface area contributed by atoms with Crippen LogP contribution in [0.5, 0.6) is 11.6 Å². The summed E-state index contributed by atoms with van der Waals surface area (Å²) in [7, 11) is 1.66. The number of ether oxygens (including phenoxy) is 2. The van der Waals surface area contributed by atoms with E-state index in [1.165, 1.54) is 0 Å². The molecule has 0 saturated carbocycles.